The van der Waals surface area contributed by atoms with E-state index in [1.54, 1.807) is 19.9 Å². The molecule has 0 amide bonds. The molecule has 0 spiro atoms. The second kappa shape index (κ2) is 3.93. The van der Waals surface area contributed by atoms with Gasteiger partial charge in [0.05, 0.1) is 0 Å². The van der Waals surface area contributed by atoms with Crippen molar-refractivity contribution in [2.45, 2.75) is 20.1 Å². The topological polar surface area (TPSA) is 61.8 Å². The molecule has 72 valence electrons. The van der Waals surface area contributed by atoms with E-state index >= 15 is 0 Å². The minimum atomic E-state index is -0.908. The molecule has 0 saturated carbocycles. The van der Waals surface area contributed by atoms with Crippen LogP contribution in [0.4, 0.5) is 4.79 Å². The van der Waals surface area contributed by atoms with Crippen LogP contribution in [0.3, 0.4) is 0 Å². The van der Waals surface area contributed by atoms with E-state index in [2.05, 4.69) is 9.47 Å². The number of cyclic esters (lactones) is 2. The highest BCUT2D eigenvalue weighted by molar-refractivity contribution is 5.87. The lowest BCUT2D eigenvalue weighted by Gasteiger charge is -2.07. The molecule has 1 saturated heterocycles. The normalized spacial score (nSPS) is 22.2. The second-order valence-electron chi connectivity index (χ2n) is 2.49. The van der Waals surface area contributed by atoms with Crippen molar-refractivity contribution >= 4 is 12.1 Å². The first-order valence-corrected chi connectivity index (χ1v) is 3.80. The predicted molar refractivity (Wildman–Crippen MR) is 41.7 cm³/mol. The van der Waals surface area contributed by atoms with Gasteiger partial charge in [-0.2, -0.15) is 0 Å². The Labute approximate surface area is 75.3 Å². The third kappa shape index (κ3) is 2.47. The average molecular weight is 186 g/mol. The summed E-state index contributed by atoms with van der Waals surface area (Å²) in [5.74, 6) is -0.509. The van der Waals surface area contributed by atoms with Crippen LogP contribution in [0, 0.1) is 0 Å². The molecule has 0 bridgehead atoms. The maximum absolute atomic E-state index is 11.1. The fourth-order valence-corrected chi connectivity index (χ4v) is 0.700. The van der Waals surface area contributed by atoms with Crippen molar-refractivity contribution in [3.05, 3.63) is 11.6 Å². The van der Waals surface area contributed by atoms with E-state index in [1.165, 1.54) is 0 Å². The van der Waals surface area contributed by atoms with E-state index in [0.29, 0.717) is 5.57 Å². The molecule has 1 rings (SSSR count). The fraction of sp³-hybridized carbons (Fsp3) is 0.500. The number of hydrogen-bond acceptors (Lipinski definition) is 5. The van der Waals surface area contributed by atoms with E-state index in [4.69, 9.17) is 4.74 Å². The number of esters is 1. The summed E-state index contributed by atoms with van der Waals surface area (Å²) in [7, 11) is 0. The largest absolute Gasteiger partial charge is 0.511 e. The lowest BCUT2D eigenvalue weighted by atomic mass is 10.3. The molecule has 0 aliphatic carbocycles. The maximum Gasteiger partial charge on any atom is 0.511 e. The summed E-state index contributed by atoms with van der Waals surface area (Å²) in [5, 5.41) is 0. The molecular formula is C8H10O5. The van der Waals surface area contributed by atoms with E-state index in [0.717, 1.165) is 0 Å². The predicted octanol–water partition coefficient (Wildman–Crippen LogP) is 0.989. The molecule has 5 nitrogen and oxygen atoms in total. The molecule has 0 aromatic carbocycles. The summed E-state index contributed by atoms with van der Waals surface area (Å²) >= 11 is 0. The zero-order valence-electron chi connectivity index (χ0n) is 7.40. The molecule has 0 aromatic heterocycles. The van der Waals surface area contributed by atoms with E-state index in [9.17, 15) is 9.59 Å². The van der Waals surface area contributed by atoms with E-state index in [-0.39, 0.29) is 6.61 Å². The van der Waals surface area contributed by atoms with E-state index in [1.807, 2.05) is 0 Å². The molecular weight excluding hydrogens is 176 g/mol. The lowest BCUT2D eigenvalue weighted by Crippen LogP contribution is -2.20. The van der Waals surface area contributed by atoms with Crippen molar-refractivity contribution in [3.8, 4) is 0 Å². The highest BCUT2D eigenvalue weighted by Gasteiger charge is 2.28. The first-order chi connectivity index (χ1) is 6.13. The average Bonchev–Trinajstić information content (AvgIpc) is 2.49. The van der Waals surface area contributed by atoms with Gasteiger partial charge in [-0.15, -0.1) is 0 Å². The highest BCUT2D eigenvalue weighted by Crippen LogP contribution is 2.09. The minimum Gasteiger partial charge on any atom is -0.426 e. The smallest absolute Gasteiger partial charge is 0.426 e. The van der Waals surface area contributed by atoms with Crippen molar-refractivity contribution < 1.29 is 23.8 Å². The standard InChI is InChI=1S/C8H10O5/c1-3-5(2)7(9)12-6-4-11-8(10)13-6/h3,6H,4H2,1-2H3/b5-3+. The van der Waals surface area contributed by atoms with Crippen LogP contribution in [-0.4, -0.2) is 25.0 Å². The lowest BCUT2D eigenvalue weighted by molar-refractivity contribution is -0.157. The first-order valence-electron chi connectivity index (χ1n) is 3.80. The molecule has 1 heterocycles. The van der Waals surface area contributed by atoms with Crippen LogP contribution in [0.1, 0.15) is 13.8 Å². The molecule has 13 heavy (non-hydrogen) atoms. The van der Waals surface area contributed by atoms with Crippen molar-refractivity contribution in [1.82, 2.24) is 0 Å². The molecule has 0 N–H and O–H groups in total. The summed E-state index contributed by atoms with van der Waals surface area (Å²) in [6.45, 7) is 3.29. The molecule has 0 radical (unpaired) electrons. The highest BCUT2D eigenvalue weighted by atomic mass is 16.8. The zero-order chi connectivity index (χ0) is 9.84. The number of rotatable bonds is 2. The summed E-state index contributed by atoms with van der Waals surface area (Å²) in [6.07, 6.45) is -0.106. The number of carbonyl (C=O) groups excluding carboxylic acids is 2. The first kappa shape index (κ1) is 9.57. The number of hydrogen-bond donors (Lipinski definition) is 0. The Morgan fingerprint density at radius 3 is 2.85 bits per heavy atom. The van der Waals surface area contributed by atoms with Gasteiger partial charge in [0.25, 0.3) is 6.29 Å². The Morgan fingerprint density at radius 2 is 2.38 bits per heavy atom. The van der Waals surface area contributed by atoms with Gasteiger partial charge in [0.15, 0.2) is 6.61 Å². The van der Waals surface area contributed by atoms with Crippen molar-refractivity contribution in [3.63, 3.8) is 0 Å². The van der Waals surface area contributed by atoms with Crippen molar-refractivity contribution in [1.29, 1.82) is 0 Å². The third-order valence-corrected chi connectivity index (χ3v) is 1.56. The Hall–Kier alpha value is -1.52. The Kier molecular flexibility index (Phi) is 2.89. The van der Waals surface area contributed by atoms with Crippen molar-refractivity contribution in [2.24, 2.45) is 0 Å². The number of carbonyl (C=O) groups is 2. The minimum absolute atomic E-state index is 0.0401. The molecule has 1 atom stereocenters. The molecule has 5 heteroatoms. The molecule has 1 unspecified atom stereocenters. The zero-order valence-corrected chi connectivity index (χ0v) is 7.40. The van der Waals surface area contributed by atoms with Gasteiger partial charge >= 0.3 is 12.1 Å². The van der Waals surface area contributed by atoms with Crippen LogP contribution in [0.2, 0.25) is 0 Å². The van der Waals surface area contributed by atoms with Gasteiger partial charge in [0.1, 0.15) is 0 Å². The Balaban J connectivity index is 2.41. The van der Waals surface area contributed by atoms with E-state index < -0.39 is 18.4 Å². The quantitative estimate of drug-likeness (QED) is 0.475. The van der Waals surface area contributed by atoms with Gasteiger partial charge in [-0.1, -0.05) is 6.08 Å². The van der Waals surface area contributed by atoms with Gasteiger partial charge in [-0.05, 0) is 13.8 Å². The summed E-state index contributed by atoms with van der Waals surface area (Å²) < 4.78 is 13.7. The molecule has 1 aliphatic rings. The third-order valence-electron chi connectivity index (χ3n) is 1.56. The summed E-state index contributed by atoms with van der Waals surface area (Å²) in [6, 6.07) is 0. The summed E-state index contributed by atoms with van der Waals surface area (Å²) in [4.78, 5) is 21.5. The Bertz CT molecular complexity index is 255. The molecule has 0 aromatic rings. The van der Waals surface area contributed by atoms with Gasteiger partial charge in [0.2, 0.25) is 0 Å². The van der Waals surface area contributed by atoms with Gasteiger partial charge in [-0.3, -0.25) is 0 Å². The van der Waals surface area contributed by atoms with Gasteiger partial charge < -0.3 is 14.2 Å². The second-order valence-corrected chi connectivity index (χ2v) is 2.49. The van der Waals surface area contributed by atoms with Crippen molar-refractivity contribution in [2.75, 3.05) is 6.61 Å². The van der Waals surface area contributed by atoms with Crippen LogP contribution < -0.4 is 0 Å². The SMILES string of the molecule is C/C=C(\C)C(=O)OC1COC(=O)O1. The monoisotopic (exact) mass is 186 g/mol. The molecule has 1 aliphatic heterocycles. The van der Waals surface area contributed by atoms with Crippen LogP contribution in [-0.2, 0) is 19.0 Å². The van der Waals surface area contributed by atoms with Gasteiger partial charge in [-0.25, -0.2) is 9.59 Å². The number of ether oxygens (including phenoxy) is 3. The molecule has 1 fully saturated rings. The van der Waals surface area contributed by atoms with Gasteiger partial charge in [0, 0.05) is 5.57 Å². The summed E-state index contributed by atoms with van der Waals surface area (Å²) in [5.41, 5.74) is 0.461. The van der Waals surface area contributed by atoms with Crippen LogP contribution in [0.15, 0.2) is 11.6 Å². The van der Waals surface area contributed by atoms with Crippen LogP contribution in [0.5, 0.6) is 0 Å². The van der Waals surface area contributed by atoms with Crippen LogP contribution >= 0.6 is 0 Å². The number of allylic oxidation sites excluding steroid dienone is 1. The Morgan fingerprint density at radius 1 is 1.69 bits per heavy atom. The fourth-order valence-electron chi connectivity index (χ4n) is 0.700. The van der Waals surface area contributed by atoms with Crippen LogP contribution in [0.25, 0.3) is 0 Å². The maximum atomic E-state index is 11.1.